The van der Waals surface area contributed by atoms with E-state index in [0.717, 1.165) is 12.8 Å². The second kappa shape index (κ2) is 7.85. The molecular formula is C25H39BF2N2O3Si. The van der Waals surface area contributed by atoms with Crippen LogP contribution in [0.5, 0.6) is 0 Å². The van der Waals surface area contributed by atoms with E-state index in [1.165, 1.54) is 6.07 Å². The Bertz CT molecular complexity index is 1070. The minimum Gasteiger partial charge on any atom is -0.411 e. The van der Waals surface area contributed by atoms with E-state index >= 15 is 0 Å². The Hall–Kier alpha value is -1.29. The first-order chi connectivity index (χ1) is 15.4. The molecule has 2 aromatic rings. The monoisotopic (exact) mass is 492 g/mol. The lowest BCUT2D eigenvalue weighted by atomic mass is 9.76. The van der Waals surface area contributed by atoms with E-state index < -0.39 is 33.1 Å². The van der Waals surface area contributed by atoms with Crippen molar-refractivity contribution in [1.82, 2.24) is 9.55 Å². The van der Waals surface area contributed by atoms with E-state index in [1.54, 1.807) is 6.33 Å². The minimum absolute atomic E-state index is 0.0290. The highest BCUT2D eigenvalue weighted by atomic mass is 28.4. The number of hydrogen-bond donors (Lipinski definition) is 0. The summed E-state index contributed by atoms with van der Waals surface area (Å²) in [6.07, 6.45) is 0.635. The van der Waals surface area contributed by atoms with Gasteiger partial charge in [-0.15, -0.1) is 0 Å². The molecule has 1 aromatic carbocycles. The van der Waals surface area contributed by atoms with Gasteiger partial charge in [-0.1, -0.05) is 26.8 Å². The SMILES string of the molecule is CC1(O[Si](C)(C)C(C)(C)C)CC(n2cnc3cc(B4OC(C)(C)C(C)(C)O4)cc(C(F)F)c32)C1. The Morgan fingerprint density at radius 3 is 2.15 bits per heavy atom. The van der Waals surface area contributed by atoms with Gasteiger partial charge >= 0.3 is 7.12 Å². The molecule has 1 aliphatic heterocycles. The van der Waals surface area contributed by atoms with Gasteiger partial charge in [-0.3, -0.25) is 0 Å². The molecule has 0 amide bonds. The second-order valence-corrected chi connectivity index (χ2v) is 17.6. The van der Waals surface area contributed by atoms with Gasteiger partial charge in [0.1, 0.15) is 0 Å². The van der Waals surface area contributed by atoms with Crippen LogP contribution in [0.1, 0.15) is 86.3 Å². The molecule has 0 N–H and O–H groups in total. The molecule has 4 rings (SSSR count). The average Bonchev–Trinajstić information content (AvgIpc) is 3.15. The summed E-state index contributed by atoms with van der Waals surface area (Å²) in [6, 6.07) is 3.43. The standard InChI is InChI=1S/C25H39BF2N2O3Si/c1-22(2,3)34(9,10)33-25(8)13-17(14-25)30-15-29-19-12-16(11-18(20(19)30)21(27)28)26-31-23(4,5)24(6,7)32-26/h11-12,15,17,21H,13-14H2,1-10H3. The van der Waals surface area contributed by atoms with E-state index in [4.69, 9.17) is 13.7 Å². The van der Waals surface area contributed by atoms with Crippen LogP contribution in [0.15, 0.2) is 18.5 Å². The number of hydrogen-bond acceptors (Lipinski definition) is 4. The van der Waals surface area contributed by atoms with Crippen molar-refractivity contribution in [1.29, 1.82) is 0 Å². The fourth-order valence-corrected chi connectivity index (χ4v) is 6.48. The van der Waals surface area contributed by atoms with Crippen LogP contribution in [0, 0.1) is 0 Å². The molecule has 1 saturated carbocycles. The highest BCUT2D eigenvalue weighted by molar-refractivity contribution is 6.74. The number of alkyl halides is 2. The summed E-state index contributed by atoms with van der Waals surface area (Å²) >= 11 is 0. The first-order valence-electron chi connectivity index (χ1n) is 12.2. The van der Waals surface area contributed by atoms with Gasteiger partial charge < -0.3 is 18.3 Å². The van der Waals surface area contributed by atoms with Gasteiger partial charge in [0.2, 0.25) is 0 Å². The van der Waals surface area contributed by atoms with E-state index in [-0.39, 0.29) is 22.2 Å². The quantitative estimate of drug-likeness (QED) is 0.454. The lowest BCUT2D eigenvalue weighted by Crippen LogP contribution is -2.54. The van der Waals surface area contributed by atoms with Crippen molar-refractivity contribution in [3.8, 4) is 0 Å². The van der Waals surface area contributed by atoms with E-state index in [0.29, 0.717) is 16.5 Å². The molecule has 2 aliphatic rings. The molecule has 5 nitrogen and oxygen atoms in total. The summed E-state index contributed by atoms with van der Waals surface area (Å²) in [7, 11) is -2.63. The largest absolute Gasteiger partial charge is 0.494 e. The summed E-state index contributed by atoms with van der Waals surface area (Å²) in [5, 5.41) is 0.121. The molecule has 1 saturated heterocycles. The van der Waals surface area contributed by atoms with Crippen molar-refractivity contribution < 1.29 is 22.5 Å². The number of nitrogens with zero attached hydrogens (tertiary/aromatic N) is 2. The van der Waals surface area contributed by atoms with Crippen LogP contribution in [0.4, 0.5) is 8.78 Å². The number of fused-ring (bicyclic) bond motifs is 1. The first kappa shape index (κ1) is 25.8. The van der Waals surface area contributed by atoms with Crippen molar-refractivity contribution in [2.45, 2.75) is 116 Å². The van der Waals surface area contributed by atoms with Crippen molar-refractivity contribution in [2.75, 3.05) is 0 Å². The molecule has 1 aliphatic carbocycles. The van der Waals surface area contributed by atoms with Crippen LogP contribution in [0.2, 0.25) is 18.1 Å². The van der Waals surface area contributed by atoms with Gasteiger partial charge in [-0.25, -0.2) is 13.8 Å². The summed E-state index contributed by atoms with van der Waals surface area (Å²) in [6.45, 7) is 21.2. The number of halogens is 2. The molecule has 0 atom stereocenters. The highest BCUT2D eigenvalue weighted by Gasteiger charge is 2.52. The Labute approximate surface area is 203 Å². The van der Waals surface area contributed by atoms with Crippen LogP contribution in [0.25, 0.3) is 11.0 Å². The molecular weight excluding hydrogens is 453 g/mol. The van der Waals surface area contributed by atoms with Crippen molar-refractivity contribution in [3.05, 3.63) is 24.0 Å². The predicted octanol–water partition coefficient (Wildman–Crippen LogP) is 6.39. The average molecular weight is 492 g/mol. The van der Waals surface area contributed by atoms with Gasteiger partial charge in [0.15, 0.2) is 8.32 Å². The third-order valence-electron chi connectivity index (χ3n) is 8.52. The maximum atomic E-state index is 14.3. The molecule has 188 valence electrons. The smallest absolute Gasteiger partial charge is 0.411 e. The third kappa shape index (κ3) is 4.27. The van der Waals surface area contributed by atoms with Crippen LogP contribution in [-0.4, -0.2) is 41.8 Å². The van der Waals surface area contributed by atoms with Gasteiger partial charge in [0, 0.05) is 11.6 Å². The number of imidazole rings is 1. The van der Waals surface area contributed by atoms with Crippen LogP contribution in [0.3, 0.4) is 0 Å². The van der Waals surface area contributed by atoms with Gasteiger partial charge in [0.05, 0.1) is 34.2 Å². The van der Waals surface area contributed by atoms with Gasteiger partial charge in [-0.05, 0) is 77.1 Å². The fourth-order valence-electron chi connectivity index (χ4n) is 4.77. The second-order valence-electron chi connectivity index (χ2n) is 12.9. The van der Waals surface area contributed by atoms with Crippen LogP contribution in [-0.2, 0) is 13.7 Å². The van der Waals surface area contributed by atoms with Gasteiger partial charge in [-0.2, -0.15) is 0 Å². The molecule has 2 fully saturated rings. The molecule has 9 heteroatoms. The summed E-state index contributed by atoms with van der Waals surface area (Å²) < 4.78 is 49.4. The molecule has 2 heterocycles. The van der Waals surface area contributed by atoms with E-state index in [1.807, 2.05) is 38.3 Å². The van der Waals surface area contributed by atoms with Crippen molar-refractivity contribution in [3.63, 3.8) is 0 Å². The summed E-state index contributed by atoms with van der Waals surface area (Å²) in [5.74, 6) is 0. The van der Waals surface area contributed by atoms with E-state index in [2.05, 4.69) is 45.8 Å². The van der Waals surface area contributed by atoms with Crippen LogP contribution >= 0.6 is 0 Å². The zero-order valence-electron chi connectivity index (χ0n) is 22.3. The molecule has 0 unspecified atom stereocenters. The van der Waals surface area contributed by atoms with Gasteiger partial charge in [0.25, 0.3) is 6.43 Å². The maximum absolute atomic E-state index is 14.3. The summed E-state index contributed by atoms with van der Waals surface area (Å²) in [5.41, 5.74) is 0.258. The topological polar surface area (TPSA) is 45.5 Å². The van der Waals surface area contributed by atoms with E-state index in [9.17, 15) is 8.78 Å². The maximum Gasteiger partial charge on any atom is 0.494 e. The third-order valence-corrected chi connectivity index (χ3v) is 13.1. The Kier molecular flexibility index (Phi) is 5.96. The Morgan fingerprint density at radius 1 is 1.09 bits per heavy atom. The lowest BCUT2D eigenvalue weighted by Gasteiger charge is -2.52. The highest BCUT2D eigenvalue weighted by Crippen LogP contribution is 2.50. The lowest BCUT2D eigenvalue weighted by molar-refractivity contribution is -0.0378. The summed E-state index contributed by atoms with van der Waals surface area (Å²) in [4.78, 5) is 4.52. The fraction of sp³-hybridized carbons (Fsp3) is 0.720. The van der Waals surface area contributed by atoms with Crippen molar-refractivity contribution >= 4 is 31.9 Å². The Morgan fingerprint density at radius 2 is 1.65 bits per heavy atom. The molecule has 0 radical (unpaired) electrons. The minimum atomic E-state index is -2.63. The predicted molar refractivity (Wildman–Crippen MR) is 135 cm³/mol. The van der Waals surface area contributed by atoms with Crippen molar-refractivity contribution in [2.24, 2.45) is 0 Å². The zero-order chi connectivity index (χ0) is 25.5. The Balaban J connectivity index is 1.62. The first-order valence-corrected chi connectivity index (χ1v) is 15.1. The number of aromatic nitrogens is 2. The number of benzene rings is 1. The molecule has 34 heavy (non-hydrogen) atoms. The molecule has 1 aromatic heterocycles. The van der Waals surface area contributed by atoms with Crippen LogP contribution < -0.4 is 5.46 Å². The normalized spacial score (nSPS) is 27.0. The molecule has 0 bridgehead atoms. The molecule has 0 spiro atoms. The zero-order valence-corrected chi connectivity index (χ0v) is 23.3. The number of rotatable bonds is 5.